The molecular weight excluding hydrogens is 282 g/mol. The van der Waals surface area contributed by atoms with Crippen molar-refractivity contribution in [2.24, 2.45) is 0 Å². The summed E-state index contributed by atoms with van der Waals surface area (Å²) < 4.78 is 10.1. The third-order valence-electron chi connectivity index (χ3n) is 2.67. The maximum Gasteiger partial charge on any atom is 0.411 e. The van der Waals surface area contributed by atoms with Crippen LogP contribution in [0.15, 0.2) is 0 Å². The number of ether oxygens (including phenoxy) is 2. The Morgan fingerprint density at radius 3 is 2.65 bits per heavy atom. The van der Waals surface area contributed by atoms with Crippen LogP contribution in [0.4, 0.5) is 4.79 Å². The molecule has 1 amide bonds. The smallest absolute Gasteiger partial charge is 0.411 e. The molecule has 0 aromatic rings. The van der Waals surface area contributed by atoms with E-state index in [0.29, 0.717) is 11.6 Å². The normalized spacial score (nSPS) is 20.6. The summed E-state index contributed by atoms with van der Waals surface area (Å²) in [5, 5.41) is 10.1. The molecule has 0 aromatic carbocycles. The second kappa shape index (κ2) is 7.17. The molecule has 1 heterocycles. The van der Waals surface area contributed by atoms with Crippen LogP contribution in [0.5, 0.6) is 0 Å². The van der Waals surface area contributed by atoms with Crippen molar-refractivity contribution in [3.63, 3.8) is 0 Å². The number of carbonyl (C=O) groups is 2. The van der Waals surface area contributed by atoms with Gasteiger partial charge in [0.25, 0.3) is 0 Å². The SMILES string of the molecule is CCOC(=O)CC(O)C1CSCN1C(=O)OC(C)(C)C. The molecule has 116 valence electrons. The highest BCUT2D eigenvalue weighted by Crippen LogP contribution is 2.26. The Labute approximate surface area is 123 Å². The molecule has 6 nitrogen and oxygen atoms in total. The molecule has 0 aromatic heterocycles. The van der Waals surface area contributed by atoms with Crippen molar-refractivity contribution in [2.75, 3.05) is 18.2 Å². The predicted octanol–water partition coefficient (Wildman–Crippen LogP) is 1.61. The monoisotopic (exact) mass is 305 g/mol. The van der Waals surface area contributed by atoms with E-state index in [9.17, 15) is 14.7 Å². The van der Waals surface area contributed by atoms with Crippen molar-refractivity contribution >= 4 is 23.8 Å². The number of thioether (sulfide) groups is 1. The number of aliphatic hydroxyl groups excluding tert-OH is 1. The minimum Gasteiger partial charge on any atom is -0.466 e. The molecule has 2 atom stereocenters. The van der Waals surface area contributed by atoms with Gasteiger partial charge < -0.3 is 14.6 Å². The van der Waals surface area contributed by atoms with Crippen molar-refractivity contribution in [2.45, 2.75) is 51.9 Å². The van der Waals surface area contributed by atoms with Crippen LogP contribution < -0.4 is 0 Å². The van der Waals surface area contributed by atoms with Gasteiger partial charge in [0.2, 0.25) is 0 Å². The Balaban J connectivity index is 2.60. The van der Waals surface area contributed by atoms with Gasteiger partial charge in [0, 0.05) is 5.75 Å². The number of amides is 1. The molecule has 0 spiro atoms. The molecule has 2 unspecified atom stereocenters. The van der Waals surface area contributed by atoms with Gasteiger partial charge in [-0.1, -0.05) is 0 Å². The Morgan fingerprint density at radius 2 is 2.10 bits per heavy atom. The van der Waals surface area contributed by atoms with E-state index < -0.39 is 29.8 Å². The summed E-state index contributed by atoms with van der Waals surface area (Å²) in [4.78, 5) is 24.9. The molecular formula is C13H23NO5S. The van der Waals surface area contributed by atoms with Crippen molar-refractivity contribution in [3.05, 3.63) is 0 Å². The van der Waals surface area contributed by atoms with E-state index in [1.165, 1.54) is 16.7 Å². The van der Waals surface area contributed by atoms with E-state index in [4.69, 9.17) is 9.47 Å². The lowest BCUT2D eigenvalue weighted by molar-refractivity contribution is -0.146. The molecule has 1 saturated heterocycles. The van der Waals surface area contributed by atoms with Gasteiger partial charge >= 0.3 is 12.1 Å². The Hall–Kier alpha value is -0.950. The number of hydrogen-bond acceptors (Lipinski definition) is 6. The largest absolute Gasteiger partial charge is 0.466 e. The summed E-state index contributed by atoms with van der Waals surface area (Å²) in [6.07, 6.45) is -1.51. The number of rotatable bonds is 4. The van der Waals surface area contributed by atoms with E-state index in [1.54, 1.807) is 27.7 Å². The highest BCUT2D eigenvalue weighted by Gasteiger charge is 2.37. The molecule has 0 aliphatic carbocycles. The first kappa shape index (κ1) is 17.1. The lowest BCUT2D eigenvalue weighted by Crippen LogP contribution is -2.46. The Bertz CT molecular complexity index is 355. The van der Waals surface area contributed by atoms with E-state index >= 15 is 0 Å². The quantitative estimate of drug-likeness (QED) is 0.795. The van der Waals surface area contributed by atoms with Crippen molar-refractivity contribution < 1.29 is 24.2 Å². The van der Waals surface area contributed by atoms with Gasteiger partial charge in [-0.05, 0) is 27.7 Å². The standard InChI is InChI=1S/C13H23NO5S/c1-5-18-11(16)6-10(15)9-7-20-8-14(9)12(17)19-13(2,3)4/h9-10,15H,5-8H2,1-4H3. The van der Waals surface area contributed by atoms with Gasteiger partial charge in [0.1, 0.15) is 5.60 Å². The molecule has 20 heavy (non-hydrogen) atoms. The zero-order valence-electron chi connectivity index (χ0n) is 12.4. The summed E-state index contributed by atoms with van der Waals surface area (Å²) >= 11 is 1.53. The Morgan fingerprint density at radius 1 is 1.45 bits per heavy atom. The van der Waals surface area contributed by atoms with Gasteiger partial charge in [-0.25, -0.2) is 4.79 Å². The van der Waals surface area contributed by atoms with Crippen molar-refractivity contribution in [1.29, 1.82) is 0 Å². The van der Waals surface area contributed by atoms with Gasteiger partial charge in [-0.15, -0.1) is 11.8 Å². The maximum absolute atomic E-state index is 12.1. The summed E-state index contributed by atoms with van der Waals surface area (Å²) in [5.74, 6) is 0.584. The van der Waals surface area contributed by atoms with Gasteiger partial charge in [0.05, 0.1) is 31.1 Å². The van der Waals surface area contributed by atoms with Crippen LogP contribution in [0, 0.1) is 0 Å². The van der Waals surface area contributed by atoms with Crippen LogP contribution in [0.3, 0.4) is 0 Å². The lowest BCUT2D eigenvalue weighted by atomic mass is 10.1. The summed E-state index contributed by atoms with van der Waals surface area (Å²) in [6.45, 7) is 7.36. The average Bonchev–Trinajstić information content (AvgIpc) is 2.75. The van der Waals surface area contributed by atoms with Crippen LogP contribution in [0.25, 0.3) is 0 Å². The molecule has 1 aliphatic heterocycles. The van der Waals surface area contributed by atoms with E-state index in [-0.39, 0.29) is 13.0 Å². The highest BCUT2D eigenvalue weighted by atomic mass is 32.2. The van der Waals surface area contributed by atoms with Crippen LogP contribution in [0.2, 0.25) is 0 Å². The lowest BCUT2D eigenvalue weighted by Gasteiger charge is -2.30. The summed E-state index contributed by atoms with van der Waals surface area (Å²) in [5.41, 5.74) is -0.582. The van der Waals surface area contributed by atoms with Crippen LogP contribution in [0.1, 0.15) is 34.1 Å². The fourth-order valence-corrected chi connectivity index (χ4v) is 3.05. The van der Waals surface area contributed by atoms with E-state index in [2.05, 4.69) is 0 Å². The van der Waals surface area contributed by atoms with Crippen molar-refractivity contribution in [1.82, 2.24) is 4.90 Å². The number of esters is 1. The second-order valence-electron chi connectivity index (χ2n) is 5.59. The van der Waals surface area contributed by atoms with Crippen molar-refractivity contribution in [3.8, 4) is 0 Å². The predicted molar refractivity (Wildman–Crippen MR) is 76.4 cm³/mol. The summed E-state index contributed by atoms with van der Waals surface area (Å²) in [6, 6.07) is -0.417. The maximum atomic E-state index is 12.1. The summed E-state index contributed by atoms with van der Waals surface area (Å²) in [7, 11) is 0. The average molecular weight is 305 g/mol. The fourth-order valence-electron chi connectivity index (χ4n) is 1.81. The van der Waals surface area contributed by atoms with E-state index in [1.807, 2.05) is 0 Å². The number of hydrogen-bond donors (Lipinski definition) is 1. The molecule has 1 fully saturated rings. The third kappa shape index (κ3) is 5.20. The highest BCUT2D eigenvalue weighted by molar-refractivity contribution is 7.99. The first-order valence-corrected chi connectivity index (χ1v) is 7.81. The van der Waals surface area contributed by atoms with Crippen LogP contribution in [-0.4, -0.2) is 58.1 Å². The Kier molecular flexibility index (Phi) is 6.13. The second-order valence-corrected chi connectivity index (χ2v) is 6.59. The first-order valence-electron chi connectivity index (χ1n) is 6.65. The third-order valence-corrected chi connectivity index (χ3v) is 3.71. The van der Waals surface area contributed by atoms with Gasteiger partial charge in [0.15, 0.2) is 0 Å². The molecule has 0 saturated carbocycles. The molecule has 0 bridgehead atoms. The zero-order valence-corrected chi connectivity index (χ0v) is 13.2. The van der Waals surface area contributed by atoms with Crippen LogP contribution >= 0.6 is 11.8 Å². The minimum absolute atomic E-state index is 0.113. The topological polar surface area (TPSA) is 76.1 Å². The molecule has 1 rings (SSSR count). The number of aliphatic hydroxyl groups is 1. The van der Waals surface area contributed by atoms with Gasteiger partial charge in [-0.3, -0.25) is 9.69 Å². The van der Waals surface area contributed by atoms with E-state index in [0.717, 1.165) is 0 Å². The minimum atomic E-state index is -0.934. The number of carbonyl (C=O) groups excluding carboxylic acids is 2. The number of nitrogens with zero attached hydrogens (tertiary/aromatic N) is 1. The van der Waals surface area contributed by atoms with Crippen LogP contribution in [-0.2, 0) is 14.3 Å². The molecule has 1 N–H and O–H groups in total. The van der Waals surface area contributed by atoms with Gasteiger partial charge in [-0.2, -0.15) is 0 Å². The molecule has 7 heteroatoms. The first-order chi connectivity index (χ1) is 9.24. The molecule has 1 aliphatic rings. The fraction of sp³-hybridized carbons (Fsp3) is 0.846. The zero-order chi connectivity index (χ0) is 15.3. The molecule has 0 radical (unpaired) electrons.